The van der Waals surface area contributed by atoms with Gasteiger partial charge in [0.2, 0.25) is 0 Å². The van der Waals surface area contributed by atoms with Crippen molar-refractivity contribution in [3.8, 4) is 5.75 Å². The van der Waals surface area contributed by atoms with Gasteiger partial charge in [-0.15, -0.1) is 0 Å². The van der Waals surface area contributed by atoms with Gasteiger partial charge in [0, 0.05) is 6.04 Å². The summed E-state index contributed by atoms with van der Waals surface area (Å²) in [6.45, 7) is 10.1. The van der Waals surface area contributed by atoms with Gasteiger partial charge in [-0.3, -0.25) is 0 Å². The maximum absolute atomic E-state index is 6.44. The molecule has 112 valence electrons. The Morgan fingerprint density at radius 1 is 1.15 bits per heavy atom. The first kappa shape index (κ1) is 15.4. The van der Waals surface area contributed by atoms with Crippen molar-refractivity contribution in [1.29, 1.82) is 0 Å². The fraction of sp³-hybridized carbons (Fsp3) is 0.667. The highest BCUT2D eigenvalue weighted by Gasteiger charge is 2.35. The van der Waals surface area contributed by atoms with Crippen LogP contribution in [0.15, 0.2) is 24.3 Å². The lowest BCUT2D eigenvalue weighted by Gasteiger charge is -2.40. The van der Waals surface area contributed by atoms with Crippen LogP contribution in [0.2, 0.25) is 0 Å². The number of likely N-dealkylation sites (N-methyl/N-ethyl adjacent to an activating group) is 1. The molecular weight excluding hydrogens is 246 g/mol. The lowest BCUT2D eigenvalue weighted by molar-refractivity contribution is 0.0477. The van der Waals surface area contributed by atoms with Gasteiger partial charge < -0.3 is 10.1 Å². The molecule has 1 aromatic carbocycles. The van der Waals surface area contributed by atoms with E-state index in [-0.39, 0.29) is 0 Å². The second-order valence-electron chi connectivity index (χ2n) is 6.26. The zero-order chi connectivity index (χ0) is 14.5. The molecule has 0 spiro atoms. The fourth-order valence-corrected chi connectivity index (χ4v) is 3.55. The van der Waals surface area contributed by atoms with Crippen LogP contribution in [-0.4, -0.2) is 18.7 Å². The summed E-state index contributed by atoms with van der Waals surface area (Å²) in [7, 11) is 0. The van der Waals surface area contributed by atoms with E-state index < -0.39 is 0 Å². The molecule has 1 fully saturated rings. The molecular formula is C18H29NO. The van der Waals surface area contributed by atoms with Crippen molar-refractivity contribution in [3.63, 3.8) is 0 Å². The Balaban J connectivity index is 2.15. The normalized spacial score (nSPS) is 30.2. The molecule has 0 bridgehead atoms. The zero-order valence-corrected chi connectivity index (χ0v) is 13.4. The van der Waals surface area contributed by atoms with Gasteiger partial charge in [0.1, 0.15) is 11.9 Å². The molecule has 1 aliphatic rings. The van der Waals surface area contributed by atoms with Crippen molar-refractivity contribution in [2.75, 3.05) is 6.54 Å². The summed E-state index contributed by atoms with van der Waals surface area (Å²) in [6.07, 6.45) is 3.80. The molecule has 0 saturated heterocycles. The Bertz CT molecular complexity index is 418. The van der Waals surface area contributed by atoms with Crippen molar-refractivity contribution >= 4 is 0 Å². The zero-order valence-electron chi connectivity index (χ0n) is 13.4. The van der Waals surface area contributed by atoms with Crippen molar-refractivity contribution in [1.82, 2.24) is 5.32 Å². The third kappa shape index (κ3) is 3.54. The topological polar surface area (TPSA) is 21.3 Å². The molecule has 2 nitrogen and oxygen atoms in total. The quantitative estimate of drug-likeness (QED) is 0.875. The van der Waals surface area contributed by atoms with Gasteiger partial charge in [-0.25, -0.2) is 0 Å². The first-order chi connectivity index (χ1) is 9.65. The van der Waals surface area contributed by atoms with Crippen LogP contribution in [0.5, 0.6) is 5.75 Å². The van der Waals surface area contributed by atoms with E-state index in [1.807, 2.05) is 0 Å². The van der Waals surface area contributed by atoms with Crippen LogP contribution in [0.25, 0.3) is 0 Å². The molecule has 0 aliphatic heterocycles. The molecule has 1 aromatic rings. The number of hydrogen-bond donors (Lipinski definition) is 1. The van der Waals surface area contributed by atoms with Crippen LogP contribution < -0.4 is 10.1 Å². The third-order valence-corrected chi connectivity index (χ3v) is 4.47. The lowest BCUT2D eigenvalue weighted by atomic mass is 9.78. The summed E-state index contributed by atoms with van der Waals surface area (Å²) in [5.41, 5.74) is 1.31. The van der Waals surface area contributed by atoms with E-state index in [4.69, 9.17) is 4.74 Å². The number of ether oxygens (including phenoxy) is 1. The molecule has 1 N–H and O–H groups in total. The van der Waals surface area contributed by atoms with Gasteiger partial charge >= 0.3 is 0 Å². The molecule has 1 aliphatic carbocycles. The number of benzene rings is 1. The third-order valence-electron chi connectivity index (χ3n) is 4.47. The SMILES string of the molecule is CCNC1CC(C)CC(C)C1Oc1ccccc1CC. The first-order valence-electron chi connectivity index (χ1n) is 8.13. The molecule has 20 heavy (non-hydrogen) atoms. The van der Waals surface area contributed by atoms with Crippen molar-refractivity contribution in [2.24, 2.45) is 11.8 Å². The number of aryl methyl sites for hydroxylation is 1. The van der Waals surface area contributed by atoms with Gasteiger partial charge in [0.15, 0.2) is 0 Å². The average molecular weight is 275 g/mol. The highest BCUT2D eigenvalue weighted by molar-refractivity contribution is 5.33. The molecule has 0 amide bonds. The Hall–Kier alpha value is -1.02. The highest BCUT2D eigenvalue weighted by atomic mass is 16.5. The number of nitrogens with one attached hydrogen (secondary N) is 1. The predicted octanol–water partition coefficient (Wildman–Crippen LogP) is 4.04. The summed E-state index contributed by atoms with van der Waals surface area (Å²) < 4.78 is 6.44. The largest absolute Gasteiger partial charge is 0.488 e. The Kier molecular flexibility index (Phi) is 5.47. The molecule has 4 atom stereocenters. The number of hydrogen-bond acceptors (Lipinski definition) is 2. The maximum atomic E-state index is 6.44. The maximum Gasteiger partial charge on any atom is 0.122 e. The average Bonchev–Trinajstić information content (AvgIpc) is 2.43. The van der Waals surface area contributed by atoms with Crippen molar-refractivity contribution < 1.29 is 4.74 Å². The molecule has 4 unspecified atom stereocenters. The molecule has 2 heteroatoms. The predicted molar refractivity (Wildman–Crippen MR) is 85.3 cm³/mol. The van der Waals surface area contributed by atoms with Gasteiger partial charge in [-0.1, -0.05) is 45.9 Å². The minimum atomic E-state index is 0.291. The van der Waals surface area contributed by atoms with Crippen molar-refractivity contribution in [2.45, 2.75) is 59.1 Å². The van der Waals surface area contributed by atoms with Crippen LogP contribution >= 0.6 is 0 Å². The number of para-hydroxylation sites is 1. The Labute approximate surface area is 123 Å². The van der Waals surface area contributed by atoms with Crippen LogP contribution in [-0.2, 0) is 6.42 Å². The lowest BCUT2D eigenvalue weighted by Crippen LogP contribution is -2.50. The standard InChI is InChI=1S/C18H29NO/c1-5-15-9-7-8-10-17(15)20-18-14(4)11-13(3)12-16(18)19-6-2/h7-10,13-14,16,18-19H,5-6,11-12H2,1-4H3. The second-order valence-corrected chi connectivity index (χ2v) is 6.26. The van der Waals surface area contributed by atoms with Crippen LogP contribution in [0.3, 0.4) is 0 Å². The van der Waals surface area contributed by atoms with E-state index in [0.717, 1.165) is 24.6 Å². The summed E-state index contributed by atoms with van der Waals surface area (Å²) >= 11 is 0. The summed E-state index contributed by atoms with van der Waals surface area (Å²) in [6, 6.07) is 8.94. The molecule has 1 saturated carbocycles. The van der Waals surface area contributed by atoms with E-state index >= 15 is 0 Å². The monoisotopic (exact) mass is 275 g/mol. The van der Waals surface area contributed by atoms with E-state index in [9.17, 15) is 0 Å². The summed E-state index contributed by atoms with van der Waals surface area (Å²) in [5.74, 6) is 2.47. The first-order valence-corrected chi connectivity index (χ1v) is 8.13. The number of rotatable bonds is 5. The minimum absolute atomic E-state index is 0.291. The molecule has 2 rings (SSSR count). The smallest absolute Gasteiger partial charge is 0.122 e. The van der Waals surface area contributed by atoms with Crippen LogP contribution in [0.4, 0.5) is 0 Å². The second kappa shape index (κ2) is 7.12. The molecule has 0 radical (unpaired) electrons. The van der Waals surface area contributed by atoms with Crippen molar-refractivity contribution in [3.05, 3.63) is 29.8 Å². The van der Waals surface area contributed by atoms with Crippen LogP contribution in [0.1, 0.15) is 46.1 Å². The summed E-state index contributed by atoms with van der Waals surface area (Å²) in [4.78, 5) is 0. The van der Waals surface area contributed by atoms with Gasteiger partial charge in [-0.2, -0.15) is 0 Å². The minimum Gasteiger partial charge on any atom is -0.488 e. The Morgan fingerprint density at radius 2 is 1.90 bits per heavy atom. The molecule has 0 aromatic heterocycles. The molecule has 0 heterocycles. The Morgan fingerprint density at radius 3 is 2.60 bits per heavy atom. The van der Waals surface area contributed by atoms with E-state index in [2.05, 4.69) is 57.3 Å². The highest BCUT2D eigenvalue weighted by Crippen LogP contribution is 2.33. The van der Waals surface area contributed by atoms with E-state index in [1.165, 1.54) is 18.4 Å². The van der Waals surface area contributed by atoms with Crippen LogP contribution in [0, 0.1) is 11.8 Å². The van der Waals surface area contributed by atoms with E-state index in [0.29, 0.717) is 18.1 Å². The van der Waals surface area contributed by atoms with Gasteiger partial charge in [0.05, 0.1) is 0 Å². The van der Waals surface area contributed by atoms with Gasteiger partial charge in [0.25, 0.3) is 0 Å². The van der Waals surface area contributed by atoms with Gasteiger partial charge in [-0.05, 0) is 49.3 Å². The van der Waals surface area contributed by atoms with E-state index in [1.54, 1.807) is 0 Å². The summed E-state index contributed by atoms with van der Waals surface area (Å²) in [5, 5.41) is 3.63. The fourth-order valence-electron chi connectivity index (χ4n) is 3.55.